The molecule has 0 saturated carbocycles. The van der Waals surface area contributed by atoms with Gasteiger partial charge >= 0.3 is 0 Å². The van der Waals surface area contributed by atoms with Crippen molar-refractivity contribution in [3.05, 3.63) is 60.5 Å². The van der Waals surface area contributed by atoms with Crippen LogP contribution in [0, 0.1) is 0 Å². The van der Waals surface area contributed by atoms with Gasteiger partial charge in [-0.05, 0) is 18.2 Å². The van der Waals surface area contributed by atoms with Gasteiger partial charge in [-0.2, -0.15) is 0 Å². The van der Waals surface area contributed by atoms with Gasteiger partial charge in [-0.3, -0.25) is 4.98 Å². The van der Waals surface area contributed by atoms with Crippen molar-refractivity contribution in [3.8, 4) is 11.4 Å². The molecule has 0 spiro atoms. The highest BCUT2D eigenvalue weighted by atomic mass is 15.0. The Hall–Kier alpha value is -2.86. The molecule has 3 heterocycles. The molecule has 4 rings (SSSR count). The fourth-order valence-electron chi connectivity index (χ4n) is 3.01. The van der Waals surface area contributed by atoms with Gasteiger partial charge in [0, 0.05) is 36.3 Å². The number of nitrogens with two attached hydrogens (primary N) is 2. The maximum Gasteiger partial charge on any atom is 0.0948 e. The number of allylic oxidation sites excluding steroid dienone is 2. The number of H-pyrrole nitrogens is 1. The molecule has 0 aromatic carbocycles. The van der Waals surface area contributed by atoms with Crippen molar-refractivity contribution in [2.75, 3.05) is 0 Å². The van der Waals surface area contributed by atoms with Gasteiger partial charge in [0.1, 0.15) is 0 Å². The van der Waals surface area contributed by atoms with E-state index in [-0.39, 0.29) is 0 Å². The van der Waals surface area contributed by atoms with Crippen LogP contribution in [0.15, 0.2) is 54.8 Å². The van der Waals surface area contributed by atoms with E-state index < -0.39 is 5.54 Å². The SMILES string of the molecule is Cn1cncc1-c1cc2cnc(C3(N)C=CC=C(N)C3)cc2[nH]1. The maximum atomic E-state index is 6.49. The average molecular weight is 306 g/mol. The molecule has 1 aliphatic carbocycles. The van der Waals surface area contributed by atoms with E-state index in [4.69, 9.17) is 11.5 Å². The number of nitrogens with one attached hydrogen (secondary N) is 1. The minimum Gasteiger partial charge on any atom is -0.402 e. The largest absolute Gasteiger partial charge is 0.402 e. The van der Waals surface area contributed by atoms with E-state index in [1.54, 1.807) is 6.33 Å². The van der Waals surface area contributed by atoms with Gasteiger partial charge in [0.2, 0.25) is 0 Å². The van der Waals surface area contributed by atoms with E-state index in [1.165, 1.54) is 0 Å². The molecule has 0 amide bonds. The molecule has 0 bridgehead atoms. The molecule has 0 radical (unpaired) electrons. The van der Waals surface area contributed by atoms with Gasteiger partial charge in [0.25, 0.3) is 0 Å². The highest BCUT2D eigenvalue weighted by Gasteiger charge is 2.28. The summed E-state index contributed by atoms with van der Waals surface area (Å²) >= 11 is 0. The van der Waals surface area contributed by atoms with Gasteiger partial charge in [0.05, 0.1) is 35.1 Å². The van der Waals surface area contributed by atoms with Crippen molar-refractivity contribution in [2.45, 2.75) is 12.0 Å². The predicted molar refractivity (Wildman–Crippen MR) is 90.2 cm³/mol. The van der Waals surface area contributed by atoms with E-state index in [9.17, 15) is 0 Å². The highest BCUT2D eigenvalue weighted by Crippen LogP contribution is 2.30. The van der Waals surface area contributed by atoms with Gasteiger partial charge in [-0.1, -0.05) is 12.2 Å². The van der Waals surface area contributed by atoms with E-state index in [0.29, 0.717) is 6.42 Å². The summed E-state index contributed by atoms with van der Waals surface area (Å²) in [7, 11) is 1.97. The zero-order valence-electron chi connectivity index (χ0n) is 12.8. The van der Waals surface area contributed by atoms with Crippen molar-refractivity contribution in [2.24, 2.45) is 18.5 Å². The first kappa shape index (κ1) is 13.8. The number of rotatable bonds is 2. The first-order valence-electron chi connectivity index (χ1n) is 7.44. The summed E-state index contributed by atoms with van der Waals surface area (Å²) in [5.74, 6) is 0. The van der Waals surface area contributed by atoms with Crippen LogP contribution >= 0.6 is 0 Å². The van der Waals surface area contributed by atoms with E-state index in [1.807, 2.05) is 48.3 Å². The van der Waals surface area contributed by atoms with Crippen LogP contribution in [0.5, 0.6) is 0 Å². The van der Waals surface area contributed by atoms with Crippen LogP contribution in [-0.4, -0.2) is 19.5 Å². The van der Waals surface area contributed by atoms with E-state index >= 15 is 0 Å². The van der Waals surface area contributed by atoms with Crippen LogP contribution in [0.3, 0.4) is 0 Å². The second-order valence-electron chi connectivity index (χ2n) is 6.05. The maximum absolute atomic E-state index is 6.49. The van der Waals surface area contributed by atoms with Crippen LogP contribution in [0.25, 0.3) is 22.3 Å². The zero-order valence-corrected chi connectivity index (χ0v) is 12.8. The first-order chi connectivity index (χ1) is 11.0. The fourth-order valence-corrected chi connectivity index (χ4v) is 3.01. The summed E-state index contributed by atoms with van der Waals surface area (Å²) in [6.07, 6.45) is 11.7. The number of fused-ring (bicyclic) bond motifs is 1. The van der Waals surface area contributed by atoms with E-state index in [2.05, 4.69) is 21.0 Å². The topological polar surface area (TPSA) is 98.5 Å². The lowest BCUT2D eigenvalue weighted by molar-refractivity contribution is 0.529. The van der Waals surface area contributed by atoms with Crippen LogP contribution in [0.2, 0.25) is 0 Å². The Morgan fingerprint density at radius 2 is 2.17 bits per heavy atom. The fraction of sp³-hybridized carbons (Fsp3) is 0.176. The lowest BCUT2D eigenvalue weighted by atomic mass is 9.87. The Bertz CT molecular complexity index is 945. The summed E-state index contributed by atoms with van der Waals surface area (Å²) in [4.78, 5) is 12.1. The summed E-state index contributed by atoms with van der Waals surface area (Å²) in [6, 6.07) is 4.06. The van der Waals surface area contributed by atoms with Gasteiger partial charge in [-0.15, -0.1) is 0 Å². The number of imidazole rings is 1. The summed E-state index contributed by atoms with van der Waals surface area (Å²) in [5.41, 5.74) is 16.3. The van der Waals surface area contributed by atoms with Crippen LogP contribution in [0.1, 0.15) is 12.1 Å². The molecular formula is C17H18N6. The molecule has 23 heavy (non-hydrogen) atoms. The lowest BCUT2D eigenvalue weighted by Gasteiger charge is -2.27. The quantitative estimate of drug-likeness (QED) is 0.673. The summed E-state index contributed by atoms with van der Waals surface area (Å²) in [6.45, 7) is 0. The molecule has 116 valence electrons. The molecule has 3 aromatic heterocycles. The van der Waals surface area contributed by atoms with Crippen molar-refractivity contribution < 1.29 is 0 Å². The third-order valence-electron chi connectivity index (χ3n) is 4.27. The average Bonchev–Trinajstić information content (AvgIpc) is 3.11. The monoisotopic (exact) mass is 306 g/mol. The van der Waals surface area contributed by atoms with Crippen molar-refractivity contribution in [1.29, 1.82) is 0 Å². The number of pyridine rings is 1. The third kappa shape index (κ3) is 2.24. The molecule has 1 unspecified atom stereocenters. The lowest BCUT2D eigenvalue weighted by Crippen LogP contribution is -2.38. The molecule has 5 N–H and O–H groups in total. The smallest absolute Gasteiger partial charge is 0.0948 e. The molecule has 0 fully saturated rings. The minimum absolute atomic E-state index is 0.567. The Balaban J connectivity index is 1.79. The van der Waals surface area contributed by atoms with Gasteiger partial charge in [-0.25, -0.2) is 4.98 Å². The number of aryl methyl sites for hydroxylation is 1. The molecule has 6 nitrogen and oxygen atoms in total. The molecular weight excluding hydrogens is 288 g/mol. The van der Waals surface area contributed by atoms with Crippen LogP contribution in [-0.2, 0) is 12.6 Å². The van der Waals surface area contributed by atoms with Gasteiger partial charge < -0.3 is 21.0 Å². The minimum atomic E-state index is -0.662. The molecule has 0 aliphatic heterocycles. The molecule has 3 aromatic rings. The molecule has 1 atom stereocenters. The van der Waals surface area contributed by atoms with E-state index in [0.717, 1.165) is 33.7 Å². The second kappa shape index (κ2) is 4.82. The predicted octanol–water partition coefficient (Wildman–Crippen LogP) is 1.92. The summed E-state index contributed by atoms with van der Waals surface area (Å²) in [5, 5.41) is 1.04. The Morgan fingerprint density at radius 1 is 1.30 bits per heavy atom. The normalized spacial score (nSPS) is 20.9. The van der Waals surface area contributed by atoms with Crippen molar-refractivity contribution in [1.82, 2.24) is 19.5 Å². The Morgan fingerprint density at radius 3 is 2.91 bits per heavy atom. The second-order valence-corrected chi connectivity index (χ2v) is 6.05. The summed E-state index contributed by atoms with van der Waals surface area (Å²) < 4.78 is 1.97. The number of aromatic nitrogens is 4. The molecule has 1 aliphatic rings. The van der Waals surface area contributed by atoms with Crippen LogP contribution < -0.4 is 11.5 Å². The first-order valence-corrected chi connectivity index (χ1v) is 7.44. The third-order valence-corrected chi connectivity index (χ3v) is 4.27. The molecule has 0 saturated heterocycles. The number of hydrogen-bond donors (Lipinski definition) is 3. The Labute approximate surface area is 133 Å². The standard InChI is InChI=1S/C17H18N6/c1-23-10-20-9-15(23)14-5-11-8-21-16(6-13(11)22-14)17(19)4-2-3-12(18)7-17/h2-6,8-10,22H,7,18-19H2,1H3. The number of hydrogen-bond acceptors (Lipinski definition) is 4. The molecule has 6 heteroatoms. The van der Waals surface area contributed by atoms with Crippen molar-refractivity contribution in [3.63, 3.8) is 0 Å². The zero-order chi connectivity index (χ0) is 16.0. The number of nitrogens with zero attached hydrogens (tertiary/aromatic N) is 3. The number of aromatic amines is 1. The Kier molecular flexibility index (Phi) is 2.89. The highest BCUT2D eigenvalue weighted by molar-refractivity contribution is 5.85. The van der Waals surface area contributed by atoms with Crippen molar-refractivity contribution >= 4 is 10.9 Å². The van der Waals surface area contributed by atoms with Crippen LogP contribution in [0.4, 0.5) is 0 Å². The van der Waals surface area contributed by atoms with Gasteiger partial charge in [0.15, 0.2) is 0 Å².